The Hall–Kier alpha value is -4.01. The van der Waals surface area contributed by atoms with Gasteiger partial charge in [0.1, 0.15) is 5.60 Å². The van der Waals surface area contributed by atoms with Gasteiger partial charge in [0, 0.05) is 56.8 Å². The number of hydrogen-bond donors (Lipinski definition) is 1. The molecule has 0 saturated carbocycles. The van der Waals surface area contributed by atoms with Crippen LogP contribution in [0.5, 0.6) is 0 Å². The van der Waals surface area contributed by atoms with Crippen LogP contribution in [0.25, 0.3) is 10.9 Å². The summed E-state index contributed by atoms with van der Waals surface area (Å²) in [6, 6.07) is 11.9. The summed E-state index contributed by atoms with van der Waals surface area (Å²) in [7, 11) is 3.86. The molecule has 9 heteroatoms. The number of benzene rings is 2. The molecule has 1 saturated heterocycles. The van der Waals surface area contributed by atoms with Crippen molar-refractivity contribution < 1.29 is 14.3 Å². The molecular weight excluding hydrogens is 506 g/mol. The number of nitrogens with two attached hydrogens (primary N) is 1. The van der Waals surface area contributed by atoms with Crippen LogP contribution in [0.4, 0.5) is 21.9 Å². The fourth-order valence-corrected chi connectivity index (χ4v) is 5.86. The third-order valence-electron chi connectivity index (χ3n) is 8.05. The maximum Gasteiger partial charge on any atom is 0.410 e. The number of aryl methyl sites for hydroxylation is 2. The third kappa shape index (κ3) is 5.12. The number of amides is 2. The summed E-state index contributed by atoms with van der Waals surface area (Å²) in [5, 5.41) is 0.981. The molecule has 3 heterocycles. The van der Waals surface area contributed by atoms with Crippen molar-refractivity contribution in [1.29, 1.82) is 0 Å². The zero-order valence-electron chi connectivity index (χ0n) is 24.3. The van der Waals surface area contributed by atoms with Crippen molar-refractivity contribution in [1.82, 2.24) is 9.47 Å². The number of carbonyl (C=O) groups excluding carboxylic acids is 2. The van der Waals surface area contributed by atoms with Crippen molar-refractivity contribution in [2.24, 2.45) is 12.8 Å². The molecule has 1 aromatic heterocycles. The highest BCUT2D eigenvalue weighted by Gasteiger charge is 2.30. The van der Waals surface area contributed by atoms with E-state index in [-0.39, 0.29) is 17.6 Å². The molecule has 0 radical (unpaired) electrons. The van der Waals surface area contributed by atoms with Crippen LogP contribution in [0, 0.1) is 6.92 Å². The standard InChI is InChI=1S/C31H39N5O4/c1-19-15-23-25(34(6)29(19)38)17-22(20-9-11-35(12-10-20)30(39)40-31(2,3)4)18-26(23)36-14-13-33(5)24-8-7-21(28(32)37)16-27(24)36/h7-8,15-18,20H,9-14H2,1-6H3,(H2,32,37). The molecule has 2 aliphatic heterocycles. The number of rotatable bonds is 3. The Bertz CT molecular complexity index is 1550. The fraction of sp³-hybridized carbons (Fsp3) is 0.452. The Kier molecular flexibility index (Phi) is 7.02. The molecule has 40 heavy (non-hydrogen) atoms. The molecule has 0 atom stereocenters. The molecule has 0 aliphatic carbocycles. The zero-order chi connectivity index (χ0) is 28.9. The van der Waals surface area contributed by atoms with Crippen LogP contribution in [-0.2, 0) is 11.8 Å². The Morgan fingerprint density at radius 3 is 2.27 bits per heavy atom. The van der Waals surface area contributed by atoms with Gasteiger partial charge in [0.05, 0.1) is 22.6 Å². The lowest BCUT2D eigenvalue weighted by Crippen LogP contribution is -2.41. The lowest BCUT2D eigenvalue weighted by molar-refractivity contribution is 0.0204. The first-order chi connectivity index (χ1) is 18.8. The van der Waals surface area contributed by atoms with Gasteiger partial charge in [-0.1, -0.05) is 0 Å². The second kappa shape index (κ2) is 10.2. The van der Waals surface area contributed by atoms with Crippen LogP contribution in [-0.4, -0.2) is 60.3 Å². The molecule has 9 nitrogen and oxygen atoms in total. The lowest BCUT2D eigenvalue weighted by atomic mass is 9.88. The van der Waals surface area contributed by atoms with E-state index in [1.807, 2.05) is 60.0 Å². The van der Waals surface area contributed by atoms with E-state index in [1.165, 1.54) is 0 Å². The number of primary amides is 1. The Morgan fingerprint density at radius 2 is 1.62 bits per heavy atom. The number of aromatic nitrogens is 1. The predicted octanol–water partition coefficient (Wildman–Crippen LogP) is 4.65. The summed E-state index contributed by atoms with van der Waals surface area (Å²) in [5.41, 5.74) is 11.2. The topological polar surface area (TPSA) is 101 Å². The van der Waals surface area contributed by atoms with Crippen LogP contribution in [0.3, 0.4) is 0 Å². The van der Waals surface area contributed by atoms with E-state index in [9.17, 15) is 14.4 Å². The Labute approximate surface area is 235 Å². The van der Waals surface area contributed by atoms with Gasteiger partial charge in [-0.2, -0.15) is 0 Å². The van der Waals surface area contributed by atoms with Crippen molar-refractivity contribution in [3.8, 4) is 0 Å². The number of likely N-dealkylation sites (N-methyl/N-ethyl adjacent to an activating group) is 1. The SMILES string of the molecule is Cc1cc2c(N3CCN(C)c4ccc(C(N)=O)cc43)cc(C3CCN(C(=O)OC(C)(C)C)CC3)cc2n(C)c1=O. The van der Waals surface area contributed by atoms with Crippen LogP contribution in [0.1, 0.15) is 61.0 Å². The van der Waals surface area contributed by atoms with E-state index < -0.39 is 11.5 Å². The molecule has 0 bridgehead atoms. The van der Waals surface area contributed by atoms with Crippen molar-refractivity contribution in [3.05, 3.63) is 63.4 Å². The second-order valence-electron chi connectivity index (χ2n) is 12.0. The molecule has 212 valence electrons. The van der Waals surface area contributed by atoms with Crippen LogP contribution < -0.4 is 21.1 Å². The molecule has 0 spiro atoms. The van der Waals surface area contributed by atoms with Gasteiger partial charge >= 0.3 is 6.09 Å². The molecule has 2 amide bonds. The zero-order valence-corrected chi connectivity index (χ0v) is 24.3. The summed E-state index contributed by atoms with van der Waals surface area (Å²) in [6.45, 7) is 10.2. The maximum absolute atomic E-state index is 13.0. The summed E-state index contributed by atoms with van der Waals surface area (Å²) in [4.78, 5) is 43.9. The van der Waals surface area contributed by atoms with Gasteiger partial charge < -0.3 is 29.7 Å². The second-order valence-corrected chi connectivity index (χ2v) is 12.0. The lowest BCUT2D eigenvalue weighted by Gasteiger charge is -2.38. The Morgan fingerprint density at radius 1 is 0.925 bits per heavy atom. The molecule has 3 aromatic rings. The summed E-state index contributed by atoms with van der Waals surface area (Å²) in [5.74, 6) is -0.244. The van der Waals surface area contributed by atoms with Crippen molar-refractivity contribution in [2.75, 3.05) is 43.0 Å². The van der Waals surface area contributed by atoms with E-state index in [2.05, 4.69) is 21.9 Å². The van der Waals surface area contributed by atoms with E-state index in [4.69, 9.17) is 10.5 Å². The minimum Gasteiger partial charge on any atom is -0.444 e. The summed E-state index contributed by atoms with van der Waals surface area (Å²) >= 11 is 0. The van der Waals surface area contributed by atoms with E-state index in [0.29, 0.717) is 30.8 Å². The number of carbonyl (C=O) groups is 2. The van der Waals surface area contributed by atoms with Gasteiger partial charge in [0.25, 0.3) is 5.56 Å². The summed E-state index contributed by atoms with van der Waals surface area (Å²) < 4.78 is 7.31. The fourth-order valence-electron chi connectivity index (χ4n) is 5.86. The predicted molar refractivity (Wildman–Crippen MR) is 159 cm³/mol. The van der Waals surface area contributed by atoms with Crippen LogP contribution >= 0.6 is 0 Å². The number of pyridine rings is 1. The van der Waals surface area contributed by atoms with Crippen LogP contribution in [0.15, 0.2) is 41.2 Å². The first-order valence-electron chi connectivity index (χ1n) is 13.9. The third-order valence-corrected chi connectivity index (χ3v) is 8.05. The van der Waals surface area contributed by atoms with Gasteiger partial charge in [0.15, 0.2) is 0 Å². The minimum atomic E-state index is -0.530. The quantitative estimate of drug-likeness (QED) is 0.514. The van der Waals surface area contributed by atoms with Gasteiger partial charge in [-0.05, 0) is 88.4 Å². The van der Waals surface area contributed by atoms with E-state index in [1.54, 1.807) is 15.5 Å². The number of anilines is 3. The highest BCUT2D eigenvalue weighted by Crippen LogP contribution is 2.43. The molecule has 5 rings (SSSR count). The molecule has 2 aliphatic rings. The van der Waals surface area contributed by atoms with E-state index >= 15 is 0 Å². The maximum atomic E-state index is 13.0. The number of piperidine rings is 1. The van der Waals surface area contributed by atoms with Gasteiger partial charge in [-0.15, -0.1) is 0 Å². The van der Waals surface area contributed by atoms with Crippen LogP contribution in [0.2, 0.25) is 0 Å². The molecule has 2 aromatic carbocycles. The number of fused-ring (bicyclic) bond motifs is 2. The highest BCUT2D eigenvalue weighted by atomic mass is 16.6. The van der Waals surface area contributed by atoms with Gasteiger partial charge in [-0.25, -0.2) is 4.79 Å². The monoisotopic (exact) mass is 545 g/mol. The average Bonchev–Trinajstić information content (AvgIpc) is 2.91. The normalized spacial score (nSPS) is 16.3. The first-order valence-corrected chi connectivity index (χ1v) is 13.9. The molecule has 0 unspecified atom stereocenters. The molecule has 2 N–H and O–H groups in total. The number of hydrogen-bond acceptors (Lipinski definition) is 6. The largest absolute Gasteiger partial charge is 0.444 e. The first kappa shape index (κ1) is 27.6. The van der Waals surface area contributed by atoms with E-state index in [0.717, 1.165) is 52.9 Å². The number of ether oxygens (including phenoxy) is 1. The highest BCUT2D eigenvalue weighted by molar-refractivity contribution is 6.00. The molecular formula is C31H39N5O4. The Balaban J connectivity index is 1.59. The van der Waals surface area contributed by atoms with Crippen molar-refractivity contribution in [3.63, 3.8) is 0 Å². The minimum absolute atomic E-state index is 0.0230. The molecule has 1 fully saturated rings. The van der Waals surface area contributed by atoms with Crippen molar-refractivity contribution >= 4 is 40.0 Å². The number of likely N-dealkylation sites (tertiary alicyclic amines) is 1. The van der Waals surface area contributed by atoms with Gasteiger partial charge in [-0.3, -0.25) is 9.59 Å². The smallest absolute Gasteiger partial charge is 0.410 e. The summed E-state index contributed by atoms with van der Waals surface area (Å²) in [6.07, 6.45) is 1.33. The van der Waals surface area contributed by atoms with Gasteiger partial charge in [0.2, 0.25) is 5.91 Å². The number of nitrogens with zero attached hydrogens (tertiary/aromatic N) is 4. The average molecular weight is 546 g/mol. The van der Waals surface area contributed by atoms with Crippen molar-refractivity contribution in [2.45, 2.75) is 52.1 Å².